The van der Waals surface area contributed by atoms with Gasteiger partial charge < -0.3 is 9.55 Å². The summed E-state index contributed by atoms with van der Waals surface area (Å²) in [7, 11) is 0. The van der Waals surface area contributed by atoms with Gasteiger partial charge in [-0.25, -0.2) is 0 Å². The van der Waals surface area contributed by atoms with E-state index in [4.69, 9.17) is 12.2 Å². The summed E-state index contributed by atoms with van der Waals surface area (Å²) in [6.45, 7) is 6.80. The first-order chi connectivity index (χ1) is 8.52. The molecule has 2 atom stereocenters. The normalized spacial score (nSPS) is 14.9. The van der Waals surface area contributed by atoms with Gasteiger partial charge in [-0.15, -0.1) is 0 Å². The second-order valence-electron chi connectivity index (χ2n) is 5.06. The molecule has 98 valence electrons. The van der Waals surface area contributed by atoms with Crippen LogP contribution in [0.3, 0.4) is 0 Å². The van der Waals surface area contributed by atoms with Gasteiger partial charge >= 0.3 is 0 Å². The summed E-state index contributed by atoms with van der Waals surface area (Å²) in [6, 6.07) is 6.90. The van der Waals surface area contributed by atoms with Gasteiger partial charge in [-0.1, -0.05) is 20.3 Å². The number of aromatic amines is 1. The van der Waals surface area contributed by atoms with Crippen molar-refractivity contribution in [1.29, 1.82) is 0 Å². The zero-order chi connectivity index (χ0) is 13.3. The molecule has 1 heterocycles. The first kappa shape index (κ1) is 14.1. The van der Waals surface area contributed by atoms with Crippen LogP contribution in [-0.2, 0) is 0 Å². The highest BCUT2D eigenvalue weighted by atomic mass is 127. The van der Waals surface area contributed by atoms with E-state index < -0.39 is 0 Å². The number of nitrogens with one attached hydrogen (secondary N) is 1. The van der Waals surface area contributed by atoms with Crippen molar-refractivity contribution >= 4 is 45.8 Å². The molecule has 0 spiro atoms. The Morgan fingerprint density at radius 1 is 1.39 bits per heavy atom. The van der Waals surface area contributed by atoms with Crippen LogP contribution in [0.4, 0.5) is 0 Å². The van der Waals surface area contributed by atoms with Crippen molar-refractivity contribution < 1.29 is 0 Å². The SMILES string of the molecule is CCC(C)CC(C)n1c(=S)[nH]c2cc(I)ccc21. The summed E-state index contributed by atoms with van der Waals surface area (Å²) in [4.78, 5) is 3.31. The molecule has 2 rings (SSSR count). The quantitative estimate of drug-likeness (QED) is 0.569. The van der Waals surface area contributed by atoms with Gasteiger partial charge in [0.15, 0.2) is 4.77 Å². The minimum absolute atomic E-state index is 0.446. The van der Waals surface area contributed by atoms with Crippen LogP contribution in [0.1, 0.15) is 39.7 Å². The number of hydrogen-bond donors (Lipinski definition) is 1. The van der Waals surface area contributed by atoms with Gasteiger partial charge in [0.25, 0.3) is 0 Å². The van der Waals surface area contributed by atoms with E-state index in [0.717, 1.165) is 16.2 Å². The van der Waals surface area contributed by atoms with Crippen molar-refractivity contribution in [3.8, 4) is 0 Å². The van der Waals surface area contributed by atoms with E-state index in [2.05, 4.69) is 71.1 Å². The fourth-order valence-corrected chi connectivity index (χ4v) is 3.27. The third-order valence-corrected chi connectivity index (χ3v) is 4.53. The fourth-order valence-electron chi connectivity index (χ4n) is 2.40. The van der Waals surface area contributed by atoms with Crippen molar-refractivity contribution in [3.05, 3.63) is 26.5 Å². The summed E-state index contributed by atoms with van der Waals surface area (Å²) < 4.78 is 4.33. The lowest BCUT2D eigenvalue weighted by molar-refractivity contribution is 0.402. The van der Waals surface area contributed by atoms with Gasteiger partial charge in [0.1, 0.15) is 0 Å². The smallest absolute Gasteiger partial charge is 0.178 e. The number of halogens is 1. The topological polar surface area (TPSA) is 20.7 Å². The predicted octanol–water partition coefficient (Wildman–Crippen LogP) is 5.30. The number of H-pyrrole nitrogens is 1. The highest BCUT2D eigenvalue weighted by Crippen LogP contribution is 2.25. The Balaban J connectivity index is 2.44. The predicted molar refractivity (Wildman–Crippen MR) is 88.6 cm³/mol. The molecule has 0 aliphatic rings. The van der Waals surface area contributed by atoms with Crippen molar-refractivity contribution in [1.82, 2.24) is 9.55 Å². The molecule has 2 aromatic rings. The maximum absolute atomic E-state index is 5.47. The third kappa shape index (κ3) is 2.79. The Hall–Kier alpha value is -0.360. The Morgan fingerprint density at radius 3 is 2.78 bits per heavy atom. The lowest BCUT2D eigenvalue weighted by atomic mass is 10.0. The van der Waals surface area contributed by atoms with Crippen molar-refractivity contribution in [2.45, 2.75) is 39.7 Å². The van der Waals surface area contributed by atoms with Crippen LogP contribution in [0.15, 0.2) is 18.2 Å². The molecule has 18 heavy (non-hydrogen) atoms. The second kappa shape index (κ2) is 5.74. The van der Waals surface area contributed by atoms with Crippen molar-refractivity contribution in [3.63, 3.8) is 0 Å². The van der Waals surface area contributed by atoms with Crippen LogP contribution in [0.25, 0.3) is 11.0 Å². The van der Waals surface area contributed by atoms with Crippen LogP contribution in [-0.4, -0.2) is 9.55 Å². The molecule has 2 unspecified atom stereocenters. The maximum Gasteiger partial charge on any atom is 0.178 e. The molecule has 1 N–H and O–H groups in total. The summed E-state index contributed by atoms with van der Waals surface area (Å²) in [5.41, 5.74) is 2.36. The minimum atomic E-state index is 0.446. The first-order valence-electron chi connectivity index (χ1n) is 6.42. The number of hydrogen-bond acceptors (Lipinski definition) is 1. The standard InChI is InChI=1S/C14H19IN2S/c1-4-9(2)7-10(3)17-13-6-5-11(15)8-12(13)16-14(17)18/h5-6,8-10H,4,7H2,1-3H3,(H,16,18). The van der Waals surface area contributed by atoms with Crippen LogP contribution < -0.4 is 0 Å². The van der Waals surface area contributed by atoms with E-state index in [1.54, 1.807) is 0 Å². The van der Waals surface area contributed by atoms with Crippen LogP contribution >= 0.6 is 34.8 Å². The van der Waals surface area contributed by atoms with Gasteiger partial charge in [0.2, 0.25) is 0 Å². The van der Waals surface area contributed by atoms with E-state index in [1.165, 1.54) is 21.9 Å². The molecule has 0 aliphatic heterocycles. The van der Waals surface area contributed by atoms with Gasteiger partial charge in [-0.3, -0.25) is 0 Å². The lowest BCUT2D eigenvalue weighted by Gasteiger charge is -2.18. The molecule has 2 nitrogen and oxygen atoms in total. The largest absolute Gasteiger partial charge is 0.331 e. The molecule has 0 saturated carbocycles. The third-order valence-electron chi connectivity index (χ3n) is 3.56. The highest BCUT2D eigenvalue weighted by Gasteiger charge is 2.13. The molecule has 0 aliphatic carbocycles. The van der Waals surface area contributed by atoms with E-state index in [9.17, 15) is 0 Å². The number of rotatable bonds is 4. The summed E-state index contributed by atoms with van der Waals surface area (Å²) >= 11 is 7.80. The lowest BCUT2D eigenvalue weighted by Crippen LogP contribution is -2.09. The fraction of sp³-hybridized carbons (Fsp3) is 0.500. The van der Waals surface area contributed by atoms with E-state index in [1.807, 2.05) is 0 Å². The Morgan fingerprint density at radius 2 is 2.11 bits per heavy atom. The average Bonchev–Trinajstić information content (AvgIpc) is 2.63. The van der Waals surface area contributed by atoms with Gasteiger partial charge in [-0.05, 0) is 72.3 Å². The molecule has 0 amide bonds. The van der Waals surface area contributed by atoms with Crippen LogP contribution in [0.2, 0.25) is 0 Å². The number of benzene rings is 1. The molecule has 0 radical (unpaired) electrons. The molecule has 4 heteroatoms. The first-order valence-corrected chi connectivity index (χ1v) is 7.91. The summed E-state index contributed by atoms with van der Waals surface area (Å²) in [5, 5.41) is 0. The Bertz CT molecular complexity index is 599. The van der Waals surface area contributed by atoms with E-state index in [-0.39, 0.29) is 0 Å². The van der Waals surface area contributed by atoms with Crippen LogP contribution in [0.5, 0.6) is 0 Å². The monoisotopic (exact) mass is 374 g/mol. The van der Waals surface area contributed by atoms with Crippen LogP contribution in [0, 0.1) is 14.3 Å². The van der Waals surface area contributed by atoms with Crippen molar-refractivity contribution in [2.75, 3.05) is 0 Å². The number of imidazole rings is 1. The number of aromatic nitrogens is 2. The van der Waals surface area contributed by atoms with E-state index in [0.29, 0.717) is 6.04 Å². The van der Waals surface area contributed by atoms with Gasteiger partial charge in [-0.2, -0.15) is 0 Å². The zero-order valence-electron chi connectivity index (χ0n) is 11.0. The van der Waals surface area contributed by atoms with Crippen molar-refractivity contribution in [2.24, 2.45) is 5.92 Å². The average molecular weight is 374 g/mol. The van der Waals surface area contributed by atoms with Gasteiger partial charge in [0.05, 0.1) is 11.0 Å². The molecular weight excluding hydrogens is 355 g/mol. The highest BCUT2D eigenvalue weighted by molar-refractivity contribution is 14.1. The van der Waals surface area contributed by atoms with E-state index >= 15 is 0 Å². The molecule has 0 fully saturated rings. The molecular formula is C14H19IN2S. The second-order valence-corrected chi connectivity index (χ2v) is 6.69. The zero-order valence-corrected chi connectivity index (χ0v) is 14.0. The van der Waals surface area contributed by atoms with Gasteiger partial charge in [0, 0.05) is 9.61 Å². The molecule has 0 saturated heterocycles. The molecule has 0 bridgehead atoms. The minimum Gasteiger partial charge on any atom is -0.331 e. The number of fused-ring (bicyclic) bond motifs is 1. The number of nitrogens with zero attached hydrogens (tertiary/aromatic N) is 1. The summed E-state index contributed by atoms with van der Waals surface area (Å²) in [5.74, 6) is 0.732. The maximum atomic E-state index is 5.47. The molecule has 1 aromatic carbocycles. The Labute approximate surface area is 127 Å². The summed E-state index contributed by atoms with van der Waals surface area (Å²) in [6.07, 6.45) is 2.39. The molecule has 1 aromatic heterocycles. The Kier molecular flexibility index (Phi) is 4.48.